The van der Waals surface area contributed by atoms with Crippen LogP contribution in [0.3, 0.4) is 0 Å². The summed E-state index contributed by atoms with van der Waals surface area (Å²) in [7, 11) is 0. The van der Waals surface area contributed by atoms with Crippen LogP contribution in [0.4, 0.5) is 5.69 Å². The van der Waals surface area contributed by atoms with Gasteiger partial charge in [0.15, 0.2) is 0 Å². The van der Waals surface area contributed by atoms with Gasteiger partial charge >= 0.3 is 5.97 Å². The summed E-state index contributed by atoms with van der Waals surface area (Å²) in [6.45, 7) is 4.00. The van der Waals surface area contributed by atoms with Crippen molar-refractivity contribution >= 4 is 17.6 Å². The Hall–Kier alpha value is -1.84. The third-order valence-corrected chi connectivity index (χ3v) is 4.18. The van der Waals surface area contributed by atoms with E-state index in [-0.39, 0.29) is 5.91 Å². The Bertz CT molecular complexity index is 512. The van der Waals surface area contributed by atoms with Gasteiger partial charge in [0, 0.05) is 5.69 Å². The van der Waals surface area contributed by atoms with Crippen molar-refractivity contribution in [1.29, 1.82) is 0 Å². The van der Waals surface area contributed by atoms with E-state index in [1.807, 2.05) is 38.1 Å². The molecule has 4 heteroatoms. The lowest BCUT2D eigenvalue weighted by Crippen LogP contribution is -2.30. The number of carboxylic acid groups (broad SMARTS) is 1. The number of anilines is 1. The maximum atomic E-state index is 12.3. The average Bonchev–Trinajstić information content (AvgIpc) is 2.83. The van der Waals surface area contributed by atoms with E-state index in [0.717, 1.165) is 17.7 Å². The zero-order valence-corrected chi connectivity index (χ0v) is 11.9. The second-order valence-electron chi connectivity index (χ2n) is 5.66. The molecule has 0 spiro atoms. The summed E-state index contributed by atoms with van der Waals surface area (Å²) >= 11 is 0. The Morgan fingerprint density at radius 3 is 2.60 bits per heavy atom. The number of benzene rings is 1. The minimum Gasteiger partial charge on any atom is -0.481 e. The molecule has 3 unspecified atom stereocenters. The molecule has 0 aromatic heterocycles. The molecular formula is C16H21NO3. The van der Waals surface area contributed by atoms with E-state index in [4.69, 9.17) is 0 Å². The van der Waals surface area contributed by atoms with E-state index < -0.39 is 17.8 Å². The number of nitrogens with one attached hydrogen (secondary N) is 1. The fourth-order valence-corrected chi connectivity index (χ4v) is 3.00. The van der Waals surface area contributed by atoms with Crippen molar-refractivity contribution in [3.63, 3.8) is 0 Å². The molecular weight excluding hydrogens is 254 g/mol. The second-order valence-corrected chi connectivity index (χ2v) is 5.66. The number of carbonyl (C=O) groups excluding carboxylic acids is 1. The predicted molar refractivity (Wildman–Crippen MR) is 77.4 cm³/mol. The van der Waals surface area contributed by atoms with Gasteiger partial charge in [0.25, 0.3) is 0 Å². The van der Waals surface area contributed by atoms with Crippen molar-refractivity contribution < 1.29 is 14.7 Å². The third kappa shape index (κ3) is 3.18. The Kier molecular flexibility index (Phi) is 4.42. The van der Waals surface area contributed by atoms with E-state index in [0.29, 0.717) is 18.8 Å². The summed E-state index contributed by atoms with van der Waals surface area (Å²) < 4.78 is 0. The number of carbonyl (C=O) groups is 2. The van der Waals surface area contributed by atoms with Crippen LogP contribution in [0.5, 0.6) is 0 Å². The van der Waals surface area contributed by atoms with E-state index in [9.17, 15) is 14.7 Å². The monoisotopic (exact) mass is 275 g/mol. The molecule has 1 amide bonds. The molecule has 1 aliphatic carbocycles. The predicted octanol–water partition coefficient (Wildman–Crippen LogP) is 3.07. The Morgan fingerprint density at radius 2 is 2.00 bits per heavy atom. The van der Waals surface area contributed by atoms with Crippen LogP contribution in [-0.4, -0.2) is 17.0 Å². The molecule has 4 nitrogen and oxygen atoms in total. The summed E-state index contributed by atoms with van der Waals surface area (Å²) in [6.07, 6.45) is 2.21. The highest BCUT2D eigenvalue weighted by atomic mass is 16.4. The van der Waals surface area contributed by atoms with Crippen LogP contribution in [0, 0.1) is 24.7 Å². The Labute approximate surface area is 119 Å². The van der Waals surface area contributed by atoms with Crippen LogP contribution in [-0.2, 0) is 9.59 Å². The van der Waals surface area contributed by atoms with Gasteiger partial charge in [-0.25, -0.2) is 0 Å². The lowest BCUT2D eigenvalue weighted by molar-refractivity contribution is -0.145. The van der Waals surface area contributed by atoms with Crippen molar-refractivity contribution in [2.24, 2.45) is 17.8 Å². The van der Waals surface area contributed by atoms with Crippen LogP contribution >= 0.6 is 0 Å². The number of amides is 1. The van der Waals surface area contributed by atoms with Crippen molar-refractivity contribution in [2.45, 2.75) is 33.1 Å². The van der Waals surface area contributed by atoms with E-state index >= 15 is 0 Å². The number of carboxylic acids is 1. The van der Waals surface area contributed by atoms with Crippen LogP contribution in [0.1, 0.15) is 31.7 Å². The van der Waals surface area contributed by atoms with Crippen LogP contribution < -0.4 is 5.32 Å². The van der Waals surface area contributed by atoms with Gasteiger partial charge in [-0.3, -0.25) is 9.59 Å². The van der Waals surface area contributed by atoms with Crippen molar-refractivity contribution in [1.82, 2.24) is 0 Å². The molecule has 1 fully saturated rings. The van der Waals surface area contributed by atoms with Gasteiger partial charge < -0.3 is 10.4 Å². The average molecular weight is 275 g/mol. The van der Waals surface area contributed by atoms with Gasteiger partial charge in [-0.15, -0.1) is 0 Å². The molecule has 2 rings (SSSR count). The smallest absolute Gasteiger partial charge is 0.307 e. The van der Waals surface area contributed by atoms with E-state index in [2.05, 4.69) is 5.32 Å². The summed E-state index contributed by atoms with van der Waals surface area (Å²) in [5.74, 6) is -1.66. The first-order chi connectivity index (χ1) is 9.51. The van der Waals surface area contributed by atoms with E-state index in [1.165, 1.54) is 0 Å². The largest absolute Gasteiger partial charge is 0.481 e. The molecule has 0 radical (unpaired) electrons. The van der Waals surface area contributed by atoms with Crippen molar-refractivity contribution in [3.05, 3.63) is 29.8 Å². The summed E-state index contributed by atoms with van der Waals surface area (Å²) in [5.41, 5.74) is 1.80. The topological polar surface area (TPSA) is 66.4 Å². The van der Waals surface area contributed by atoms with Crippen LogP contribution in [0.25, 0.3) is 0 Å². The van der Waals surface area contributed by atoms with E-state index in [1.54, 1.807) is 0 Å². The minimum atomic E-state index is -0.856. The highest BCUT2D eigenvalue weighted by Gasteiger charge is 2.42. The minimum absolute atomic E-state index is 0.168. The van der Waals surface area contributed by atoms with Crippen molar-refractivity contribution in [3.8, 4) is 0 Å². The van der Waals surface area contributed by atoms with Gasteiger partial charge in [-0.05, 0) is 43.4 Å². The lowest BCUT2D eigenvalue weighted by Gasteiger charge is -2.15. The van der Waals surface area contributed by atoms with Gasteiger partial charge in [-0.2, -0.15) is 0 Å². The molecule has 1 saturated carbocycles. The molecule has 3 atom stereocenters. The lowest BCUT2D eigenvalue weighted by atomic mass is 9.95. The third-order valence-electron chi connectivity index (χ3n) is 4.18. The van der Waals surface area contributed by atoms with Gasteiger partial charge in [0.05, 0.1) is 11.8 Å². The first-order valence-corrected chi connectivity index (χ1v) is 7.11. The number of aryl methyl sites for hydroxylation is 1. The summed E-state index contributed by atoms with van der Waals surface area (Å²) in [5, 5.41) is 12.1. The Balaban J connectivity index is 2.09. The van der Waals surface area contributed by atoms with Crippen LogP contribution in [0.2, 0.25) is 0 Å². The fraction of sp³-hybridized carbons (Fsp3) is 0.500. The number of aliphatic carboxylic acids is 1. The van der Waals surface area contributed by atoms with Crippen molar-refractivity contribution in [2.75, 3.05) is 5.32 Å². The molecule has 0 aliphatic heterocycles. The maximum absolute atomic E-state index is 12.3. The SMILES string of the molecule is CCC1CC(C(=O)O)C(C(=O)Nc2cccc(C)c2)C1. The number of hydrogen-bond acceptors (Lipinski definition) is 2. The summed E-state index contributed by atoms with van der Waals surface area (Å²) in [4.78, 5) is 23.6. The maximum Gasteiger partial charge on any atom is 0.307 e. The normalized spacial score (nSPS) is 25.4. The highest BCUT2D eigenvalue weighted by molar-refractivity contribution is 5.95. The zero-order valence-electron chi connectivity index (χ0n) is 11.9. The first kappa shape index (κ1) is 14.6. The summed E-state index contributed by atoms with van der Waals surface area (Å²) in [6, 6.07) is 7.55. The number of hydrogen-bond donors (Lipinski definition) is 2. The van der Waals surface area contributed by atoms with Crippen LogP contribution in [0.15, 0.2) is 24.3 Å². The molecule has 0 heterocycles. The molecule has 1 aromatic carbocycles. The molecule has 1 aliphatic rings. The Morgan fingerprint density at radius 1 is 1.30 bits per heavy atom. The van der Waals surface area contributed by atoms with Gasteiger partial charge in [0.2, 0.25) is 5.91 Å². The highest BCUT2D eigenvalue weighted by Crippen LogP contribution is 2.39. The second kappa shape index (κ2) is 6.07. The molecule has 0 saturated heterocycles. The molecule has 2 N–H and O–H groups in total. The molecule has 1 aromatic rings. The fourth-order valence-electron chi connectivity index (χ4n) is 3.00. The molecule has 108 valence electrons. The molecule has 20 heavy (non-hydrogen) atoms. The zero-order chi connectivity index (χ0) is 14.7. The quantitative estimate of drug-likeness (QED) is 0.887. The number of rotatable bonds is 4. The molecule has 0 bridgehead atoms. The first-order valence-electron chi connectivity index (χ1n) is 7.11. The van der Waals surface area contributed by atoms with Gasteiger partial charge in [-0.1, -0.05) is 25.5 Å². The standard InChI is InChI=1S/C16H21NO3/c1-3-11-8-13(14(9-11)16(19)20)15(18)17-12-6-4-5-10(2)7-12/h4-7,11,13-14H,3,8-9H2,1-2H3,(H,17,18)(H,19,20). The van der Waals surface area contributed by atoms with Gasteiger partial charge in [0.1, 0.15) is 0 Å².